The number of hydrogen-bond acceptors (Lipinski definition) is 5. The molecule has 0 aliphatic carbocycles. The maximum atomic E-state index is 8.60. The molecule has 29 heavy (non-hydrogen) atoms. The first kappa shape index (κ1) is 21.6. The fourth-order valence-corrected chi connectivity index (χ4v) is 3.94. The number of anilines is 1. The second-order valence-corrected chi connectivity index (χ2v) is 7.66. The van der Waals surface area contributed by atoms with Crippen LogP contribution in [0.3, 0.4) is 0 Å². The van der Waals surface area contributed by atoms with Gasteiger partial charge in [0.15, 0.2) is 0 Å². The van der Waals surface area contributed by atoms with E-state index in [1.54, 1.807) is 29.0 Å². The van der Waals surface area contributed by atoms with E-state index < -0.39 is 0 Å². The summed E-state index contributed by atoms with van der Waals surface area (Å²) >= 11 is 12.7. The first-order valence-electron chi connectivity index (χ1n) is 9.78. The molecule has 3 rings (SSSR count). The maximum absolute atomic E-state index is 8.60. The van der Waals surface area contributed by atoms with Crippen molar-refractivity contribution in [3.8, 4) is 11.1 Å². The van der Waals surface area contributed by atoms with Crippen molar-refractivity contribution in [3.05, 3.63) is 46.0 Å². The van der Waals surface area contributed by atoms with Crippen LogP contribution >= 0.6 is 23.2 Å². The average molecular weight is 433 g/mol. The van der Waals surface area contributed by atoms with Gasteiger partial charge in [-0.05, 0) is 44.3 Å². The third kappa shape index (κ3) is 4.71. The predicted octanol–water partition coefficient (Wildman–Crippen LogP) is 4.57. The van der Waals surface area contributed by atoms with Crippen LogP contribution in [-0.2, 0) is 7.05 Å². The zero-order valence-corrected chi connectivity index (χ0v) is 18.5. The van der Waals surface area contributed by atoms with E-state index in [-0.39, 0.29) is 0 Å². The lowest BCUT2D eigenvalue weighted by atomic mass is 10.1. The van der Waals surface area contributed by atoms with Crippen LogP contribution < -0.4 is 10.8 Å². The number of nitrogens with one attached hydrogen (secondary N) is 2. The monoisotopic (exact) mass is 432 g/mol. The topological polar surface area (TPSA) is 69.8 Å². The van der Waals surface area contributed by atoms with Gasteiger partial charge in [0, 0.05) is 36.3 Å². The van der Waals surface area contributed by atoms with Crippen LogP contribution in [-0.4, -0.2) is 45.6 Å². The van der Waals surface area contributed by atoms with Crippen molar-refractivity contribution in [2.45, 2.75) is 20.3 Å². The molecule has 8 heteroatoms. The van der Waals surface area contributed by atoms with Crippen LogP contribution in [0.4, 0.5) is 5.95 Å². The SMILES string of the molecule is CCN(CC)CCCNc1ncc2cc(-c3c(Cl)cccc3Cl)c(=N)n(C)c2n1. The van der Waals surface area contributed by atoms with E-state index in [2.05, 4.69) is 34.0 Å². The van der Waals surface area contributed by atoms with Crippen molar-refractivity contribution in [2.75, 3.05) is 31.5 Å². The van der Waals surface area contributed by atoms with E-state index in [1.165, 1.54) is 0 Å². The van der Waals surface area contributed by atoms with Gasteiger partial charge in [0.05, 0.1) is 10.0 Å². The van der Waals surface area contributed by atoms with E-state index in [0.29, 0.717) is 38.3 Å². The molecule has 0 saturated carbocycles. The lowest BCUT2D eigenvalue weighted by molar-refractivity contribution is 0.303. The molecule has 0 radical (unpaired) electrons. The smallest absolute Gasteiger partial charge is 0.224 e. The second kappa shape index (κ2) is 9.57. The highest BCUT2D eigenvalue weighted by atomic mass is 35.5. The molecule has 0 aliphatic heterocycles. The number of hydrogen-bond donors (Lipinski definition) is 2. The molecule has 0 aliphatic rings. The summed E-state index contributed by atoms with van der Waals surface area (Å²) in [5.41, 5.74) is 2.28. The molecule has 6 nitrogen and oxygen atoms in total. The van der Waals surface area contributed by atoms with Crippen LogP contribution in [0.1, 0.15) is 20.3 Å². The average Bonchev–Trinajstić information content (AvgIpc) is 2.72. The van der Waals surface area contributed by atoms with Gasteiger partial charge in [-0.3, -0.25) is 5.41 Å². The van der Waals surface area contributed by atoms with Gasteiger partial charge in [0.2, 0.25) is 5.95 Å². The van der Waals surface area contributed by atoms with Crippen molar-refractivity contribution in [3.63, 3.8) is 0 Å². The zero-order chi connectivity index (χ0) is 21.0. The number of aryl methyl sites for hydroxylation is 1. The quantitative estimate of drug-likeness (QED) is 0.511. The van der Waals surface area contributed by atoms with Gasteiger partial charge in [-0.1, -0.05) is 43.1 Å². The first-order chi connectivity index (χ1) is 14.0. The highest BCUT2D eigenvalue weighted by Crippen LogP contribution is 2.33. The summed E-state index contributed by atoms with van der Waals surface area (Å²) < 4.78 is 1.73. The van der Waals surface area contributed by atoms with Gasteiger partial charge in [0.25, 0.3) is 0 Å². The molecule has 2 aromatic heterocycles. The standard InChI is InChI=1S/C21H26Cl2N6/c1-4-29(5-2)11-7-10-25-21-26-13-14-12-15(19(24)28(3)20(14)27-21)18-16(22)8-6-9-17(18)23/h6,8-9,12-13,24H,4-5,7,10-11H2,1-3H3,(H,25,26,27). The molecule has 0 unspecified atom stereocenters. The number of benzene rings is 1. The van der Waals surface area contributed by atoms with Gasteiger partial charge >= 0.3 is 0 Å². The molecule has 0 amide bonds. The van der Waals surface area contributed by atoms with Gasteiger partial charge in [-0.15, -0.1) is 0 Å². The highest BCUT2D eigenvalue weighted by Gasteiger charge is 2.14. The van der Waals surface area contributed by atoms with E-state index in [4.69, 9.17) is 28.6 Å². The first-order valence-corrected chi connectivity index (χ1v) is 10.5. The Bertz CT molecular complexity index is 1040. The molecule has 1 aromatic carbocycles. The number of rotatable bonds is 8. The number of halogens is 2. The Hall–Kier alpha value is -2.15. The van der Waals surface area contributed by atoms with Crippen LogP contribution in [0.2, 0.25) is 10.0 Å². The largest absolute Gasteiger partial charge is 0.354 e. The van der Waals surface area contributed by atoms with Crippen molar-refractivity contribution < 1.29 is 0 Å². The number of pyridine rings is 1. The molecule has 0 bridgehead atoms. The minimum Gasteiger partial charge on any atom is -0.354 e. The van der Waals surface area contributed by atoms with Gasteiger partial charge in [0.1, 0.15) is 11.1 Å². The normalized spacial score (nSPS) is 11.4. The summed E-state index contributed by atoms with van der Waals surface area (Å²) in [7, 11) is 1.82. The Kier molecular flexibility index (Phi) is 7.11. The Morgan fingerprint density at radius 2 is 1.86 bits per heavy atom. The Morgan fingerprint density at radius 1 is 1.17 bits per heavy atom. The predicted molar refractivity (Wildman–Crippen MR) is 121 cm³/mol. The van der Waals surface area contributed by atoms with Crippen LogP contribution in [0.15, 0.2) is 30.5 Å². The van der Waals surface area contributed by atoms with Gasteiger partial charge < -0.3 is 14.8 Å². The highest BCUT2D eigenvalue weighted by molar-refractivity contribution is 6.39. The van der Waals surface area contributed by atoms with Gasteiger partial charge in [-0.2, -0.15) is 4.98 Å². The summed E-state index contributed by atoms with van der Waals surface area (Å²) in [5, 5.41) is 13.7. The molecule has 0 fully saturated rings. The summed E-state index contributed by atoms with van der Waals surface area (Å²) in [5.74, 6) is 0.565. The second-order valence-electron chi connectivity index (χ2n) is 6.84. The van der Waals surface area contributed by atoms with Crippen molar-refractivity contribution in [1.82, 2.24) is 19.4 Å². The van der Waals surface area contributed by atoms with E-state index in [9.17, 15) is 0 Å². The Balaban J connectivity index is 1.87. The lowest BCUT2D eigenvalue weighted by Crippen LogP contribution is -2.25. The molecular weight excluding hydrogens is 407 g/mol. The zero-order valence-electron chi connectivity index (χ0n) is 17.0. The summed E-state index contributed by atoms with van der Waals surface area (Å²) in [6, 6.07) is 7.21. The van der Waals surface area contributed by atoms with Crippen molar-refractivity contribution in [1.29, 1.82) is 5.41 Å². The van der Waals surface area contributed by atoms with Crippen LogP contribution in [0.25, 0.3) is 22.2 Å². The Morgan fingerprint density at radius 3 is 2.52 bits per heavy atom. The van der Waals surface area contributed by atoms with Crippen LogP contribution in [0.5, 0.6) is 0 Å². The minimum atomic E-state index is 0.290. The van der Waals surface area contributed by atoms with Crippen molar-refractivity contribution >= 4 is 40.2 Å². The van der Waals surface area contributed by atoms with E-state index in [1.807, 2.05) is 13.1 Å². The Labute approximate surface area is 181 Å². The number of nitrogens with zero attached hydrogens (tertiary/aromatic N) is 4. The molecule has 3 aromatic rings. The summed E-state index contributed by atoms with van der Waals surface area (Å²) in [6.07, 6.45) is 2.78. The number of fused-ring (bicyclic) bond motifs is 1. The molecule has 154 valence electrons. The summed E-state index contributed by atoms with van der Waals surface area (Å²) in [4.78, 5) is 11.4. The van der Waals surface area contributed by atoms with E-state index >= 15 is 0 Å². The van der Waals surface area contributed by atoms with Crippen LogP contribution in [0, 0.1) is 5.41 Å². The van der Waals surface area contributed by atoms with E-state index in [0.717, 1.165) is 38.0 Å². The van der Waals surface area contributed by atoms with Gasteiger partial charge in [-0.25, -0.2) is 4.98 Å². The maximum Gasteiger partial charge on any atom is 0.224 e. The fourth-order valence-electron chi connectivity index (χ4n) is 3.34. The molecule has 0 saturated heterocycles. The molecule has 2 heterocycles. The number of aromatic nitrogens is 3. The molecule has 0 spiro atoms. The molecular formula is C21H26Cl2N6. The minimum absolute atomic E-state index is 0.290. The summed E-state index contributed by atoms with van der Waals surface area (Å²) in [6.45, 7) is 8.30. The molecule has 2 N–H and O–H groups in total. The molecule has 0 atom stereocenters. The van der Waals surface area contributed by atoms with Crippen molar-refractivity contribution in [2.24, 2.45) is 7.05 Å². The third-order valence-corrected chi connectivity index (χ3v) is 5.69. The fraction of sp³-hybridized carbons (Fsp3) is 0.381. The third-order valence-electron chi connectivity index (χ3n) is 5.06. The lowest BCUT2D eigenvalue weighted by Gasteiger charge is -2.17.